The summed E-state index contributed by atoms with van der Waals surface area (Å²) in [6, 6.07) is 2.59. The lowest BCUT2D eigenvalue weighted by Gasteiger charge is -2.36. The monoisotopic (exact) mass is 641 g/mol. The molecule has 2 aromatic rings. The van der Waals surface area contributed by atoms with Gasteiger partial charge < -0.3 is 25.8 Å². The normalized spacial score (nSPS) is 20.9. The third kappa shape index (κ3) is 8.48. The molecule has 0 radical (unpaired) electrons. The van der Waals surface area contributed by atoms with Crippen LogP contribution in [0, 0.1) is 23.6 Å². The van der Waals surface area contributed by atoms with Gasteiger partial charge in [-0.3, -0.25) is 19.2 Å². The molecule has 3 atom stereocenters. The Morgan fingerprint density at radius 3 is 2.26 bits per heavy atom. The average Bonchev–Trinajstić information content (AvgIpc) is 3.52. The molecule has 1 aliphatic heterocycles. The number of nitrogens with zero attached hydrogens (tertiary/aromatic N) is 4. The van der Waals surface area contributed by atoms with Crippen LogP contribution in [0.25, 0.3) is 0 Å². The van der Waals surface area contributed by atoms with Crippen LogP contribution in [-0.4, -0.2) is 89.1 Å². The molecule has 12 nitrogen and oxygen atoms in total. The lowest BCUT2D eigenvalue weighted by atomic mass is 9.79. The molecule has 2 heterocycles. The predicted molar refractivity (Wildman–Crippen MR) is 170 cm³/mol. The molecule has 0 unspecified atom stereocenters. The minimum Gasteiger partial charge on any atom is -0.344 e. The van der Waals surface area contributed by atoms with Gasteiger partial charge in [-0.2, -0.15) is 0 Å². The maximum Gasteiger partial charge on any atom is 0.276 e. The van der Waals surface area contributed by atoms with Gasteiger partial charge in [-0.25, -0.2) is 9.02 Å². The fraction of sp³-hybridized carbons (Fsp3) is 0.636. The molecular weight excluding hydrogens is 593 g/mol. The van der Waals surface area contributed by atoms with E-state index in [0.717, 1.165) is 38.8 Å². The topological polar surface area (TPSA) is 150 Å². The summed E-state index contributed by atoms with van der Waals surface area (Å²) in [6.07, 6.45) is 3.74. The van der Waals surface area contributed by atoms with Gasteiger partial charge in [0, 0.05) is 38.0 Å². The van der Waals surface area contributed by atoms with Crippen molar-refractivity contribution in [2.75, 3.05) is 38.5 Å². The van der Waals surface area contributed by atoms with Crippen molar-refractivity contribution in [1.82, 2.24) is 30.7 Å². The van der Waals surface area contributed by atoms with E-state index in [2.05, 4.69) is 38.1 Å². The van der Waals surface area contributed by atoms with E-state index in [1.807, 2.05) is 14.0 Å². The molecule has 4 amide bonds. The number of aromatic nitrogens is 2. The number of halogens is 1. The summed E-state index contributed by atoms with van der Waals surface area (Å²) in [4.78, 5) is 57.0. The molecule has 252 valence electrons. The molecular formula is C33H48FN7O5. The summed E-state index contributed by atoms with van der Waals surface area (Å²) in [6.45, 7) is 11.8. The van der Waals surface area contributed by atoms with E-state index in [0.29, 0.717) is 36.7 Å². The Bertz CT molecular complexity index is 1380. The second kappa shape index (κ2) is 15.6. The molecule has 1 saturated carbocycles. The first-order valence-electron chi connectivity index (χ1n) is 16.4. The van der Waals surface area contributed by atoms with Crippen LogP contribution in [0.1, 0.15) is 88.0 Å². The third-order valence-corrected chi connectivity index (χ3v) is 9.39. The third-order valence-electron chi connectivity index (χ3n) is 9.39. The number of carbonyl (C=O) groups excluding carboxylic acids is 4. The van der Waals surface area contributed by atoms with E-state index in [1.165, 1.54) is 12.1 Å². The molecule has 2 fully saturated rings. The van der Waals surface area contributed by atoms with E-state index < -0.39 is 35.6 Å². The number of anilines is 1. The highest BCUT2D eigenvalue weighted by molar-refractivity contribution is 6.01. The van der Waals surface area contributed by atoms with E-state index >= 15 is 4.39 Å². The Balaban J connectivity index is 1.53. The van der Waals surface area contributed by atoms with Gasteiger partial charge in [-0.05, 0) is 61.0 Å². The van der Waals surface area contributed by atoms with Crippen molar-refractivity contribution in [3.63, 3.8) is 0 Å². The Morgan fingerprint density at radius 2 is 1.65 bits per heavy atom. The quantitative estimate of drug-likeness (QED) is 0.338. The van der Waals surface area contributed by atoms with E-state index in [-0.39, 0.29) is 35.0 Å². The second-order valence-corrected chi connectivity index (χ2v) is 13.2. The summed E-state index contributed by atoms with van der Waals surface area (Å²) in [7, 11) is 1.99. The van der Waals surface area contributed by atoms with Crippen molar-refractivity contribution in [3.05, 3.63) is 41.0 Å². The lowest BCUT2D eigenvalue weighted by molar-refractivity contribution is -0.139. The van der Waals surface area contributed by atoms with Crippen molar-refractivity contribution in [2.24, 2.45) is 17.8 Å². The summed E-state index contributed by atoms with van der Waals surface area (Å²) >= 11 is 0. The van der Waals surface area contributed by atoms with E-state index in [4.69, 9.17) is 4.63 Å². The number of likely N-dealkylation sites (N-methyl/N-ethyl adjacent to an activating group) is 1. The number of hydrogen-bond donors (Lipinski definition) is 3. The van der Waals surface area contributed by atoms with Gasteiger partial charge in [-0.15, -0.1) is 0 Å². The molecule has 13 heteroatoms. The number of piperazine rings is 1. The Kier molecular flexibility index (Phi) is 11.9. The predicted octanol–water partition coefficient (Wildman–Crippen LogP) is 3.35. The Labute approximate surface area is 270 Å². The molecule has 1 aromatic heterocycles. The minimum atomic E-state index is -0.920. The summed E-state index contributed by atoms with van der Waals surface area (Å²) in [5.74, 6) is -2.76. The largest absolute Gasteiger partial charge is 0.344 e. The van der Waals surface area contributed by atoms with Crippen molar-refractivity contribution in [2.45, 2.75) is 84.7 Å². The fourth-order valence-corrected chi connectivity index (χ4v) is 6.10. The number of hydrogen-bond acceptors (Lipinski definition) is 8. The van der Waals surface area contributed by atoms with Crippen molar-refractivity contribution >= 4 is 29.3 Å². The smallest absolute Gasteiger partial charge is 0.276 e. The van der Waals surface area contributed by atoms with Crippen molar-refractivity contribution in [1.29, 1.82) is 0 Å². The van der Waals surface area contributed by atoms with Crippen LogP contribution in [0.5, 0.6) is 0 Å². The molecule has 4 rings (SSSR count). The summed E-state index contributed by atoms with van der Waals surface area (Å²) in [5.41, 5.74) is 0.872. The maximum absolute atomic E-state index is 15.6. The van der Waals surface area contributed by atoms with Crippen LogP contribution < -0.4 is 16.0 Å². The Hall–Kier alpha value is -3.87. The first kappa shape index (κ1) is 35.0. The molecule has 0 spiro atoms. The van der Waals surface area contributed by atoms with Crippen molar-refractivity contribution in [3.8, 4) is 0 Å². The molecule has 1 saturated heterocycles. The van der Waals surface area contributed by atoms with Crippen LogP contribution in [0.2, 0.25) is 0 Å². The highest BCUT2D eigenvalue weighted by atomic mass is 19.1. The molecule has 3 N–H and O–H groups in total. The molecule has 1 aromatic carbocycles. The number of aryl methyl sites for hydroxylation is 1. The van der Waals surface area contributed by atoms with Crippen LogP contribution in [0.4, 0.5) is 10.1 Å². The average molecular weight is 642 g/mol. The van der Waals surface area contributed by atoms with Crippen LogP contribution in [0.3, 0.4) is 0 Å². The van der Waals surface area contributed by atoms with E-state index in [9.17, 15) is 19.2 Å². The number of nitrogens with one attached hydrogen (secondary N) is 3. The van der Waals surface area contributed by atoms with E-state index in [1.54, 1.807) is 31.7 Å². The van der Waals surface area contributed by atoms with Crippen LogP contribution in [-0.2, 0) is 20.8 Å². The number of carbonyl (C=O) groups is 4. The minimum absolute atomic E-state index is 0.0271. The van der Waals surface area contributed by atoms with Gasteiger partial charge in [0.05, 0.1) is 5.69 Å². The Morgan fingerprint density at radius 1 is 0.978 bits per heavy atom. The lowest BCUT2D eigenvalue weighted by Crippen LogP contribution is -2.56. The fourth-order valence-electron chi connectivity index (χ4n) is 6.10. The van der Waals surface area contributed by atoms with Gasteiger partial charge in [0.25, 0.3) is 5.91 Å². The standard InChI is InChI=1S/C33H48FN7O5/c1-7-25-29(39-46-38-25)32(44)37-28(22-10-8-20(4)9-11-22)31(43)35-26-13-12-23(18-24(26)34)21(5)27(36-30(42)19(2)3)33(45)41-16-14-40(6)15-17-41/h12-13,18-22,27-28H,7-11,14-17H2,1-6H3,(H,35,43)(H,36,42)(H,37,44)/t20-,21-,22-,27+,28-/m0/s1. The first-order chi connectivity index (χ1) is 21.9. The molecule has 1 aliphatic carbocycles. The van der Waals surface area contributed by atoms with Gasteiger partial charge in [0.15, 0.2) is 5.69 Å². The SMILES string of the molecule is CCc1nonc1C(=O)N[C@H](C(=O)Nc1ccc([C@H](C)[C@@H](NC(=O)C(C)C)C(=O)N2CCN(C)CC2)cc1F)[C@H]1CC[C@H](C)CC1. The second-order valence-electron chi connectivity index (χ2n) is 13.2. The first-order valence-corrected chi connectivity index (χ1v) is 16.4. The summed E-state index contributed by atoms with van der Waals surface area (Å²) < 4.78 is 20.4. The zero-order valence-electron chi connectivity index (χ0n) is 27.8. The number of rotatable bonds is 11. The van der Waals surface area contributed by atoms with Crippen molar-refractivity contribution < 1.29 is 28.2 Å². The maximum atomic E-state index is 15.6. The highest BCUT2D eigenvalue weighted by Gasteiger charge is 2.36. The van der Waals surface area contributed by atoms with Crippen LogP contribution in [0.15, 0.2) is 22.8 Å². The van der Waals surface area contributed by atoms with Crippen LogP contribution >= 0.6 is 0 Å². The number of benzene rings is 1. The number of amides is 4. The van der Waals surface area contributed by atoms with Gasteiger partial charge in [0.2, 0.25) is 17.7 Å². The summed E-state index contributed by atoms with van der Waals surface area (Å²) in [5, 5.41) is 15.9. The zero-order valence-corrected chi connectivity index (χ0v) is 27.8. The molecule has 46 heavy (non-hydrogen) atoms. The van der Waals surface area contributed by atoms with Gasteiger partial charge in [-0.1, -0.05) is 58.7 Å². The highest BCUT2D eigenvalue weighted by Crippen LogP contribution is 2.32. The zero-order chi connectivity index (χ0) is 33.5. The molecule has 2 aliphatic rings. The molecule has 0 bridgehead atoms. The van der Waals surface area contributed by atoms with Gasteiger partial charge in [0.1, 0.15) is 23.6 Å². The van der Waals surface area contributed by atoms with Gasteiger partial charge >= 0.3 is 0 Å².